The van der Waals surface area contributed by atoms with Gasteiger partial charge in [-0.15, -0.1) is 11.3 Å². The van der Waals surface area contributed by atoms with Gasteiger partial charge in [-0.05, 0) is 47.6 Å². The Balaban J connectivity index is 2.01. The normalized spacial score (nSPS) is 11.1. The number of aromatic nitrogens is 1. The Morgan fingerprint density at radius 1 is 1.39 bits per heavy atom. The lowest BCUT2D eigenvalue weighted by molar-refractivity contribution is 0.321. The fourth-order valence-electron chi connectivity index (χ4n) is 1.76. The third kappa shape index (κ3) is 3.31. The summed E-state index contributed by atoms with van der Waals surface area (Å²) < 4.78 is 0.961. The van der Waals surface area contributed by atoms with Crippen LogP contribution in [0.25, 0.3) is 0 Å². The molecule has 0 spiro atoms. The van der Waals surface area contributed by atoms with Crippen molar-refractivity contribution in [1.29, 1.82) is 0 Å². The summed E-state index contributed by atoms with van der Waals surface area (Å²) in [6, 6.07) is 6.08. The van der Waals surface area contributed by atoms with E-state index in [1.807, 2.05) is 11.6 Å². The van der Waals surface area contributed by atoms with E-state index in [9.17, 15) is 0 Å². The minimum atomic E-state index is 0.778. The molecule has 1 heterocycles. The number of nitrogen functional groups attached to an aromatic ring is 1. The van der Waals surface area contributed by atoms with Gasteiger partial charge in [-0.25, -0.2) is 4.98 Å². The van der Waals surface area contributed by atoms with Gasteiger partial charge in [0.1, 0.15) is 0 Å². The number of anilines is 1. The molecule has 2 rings (SSSR count). The Morgan fingerprint density at radius 3 is 2.78 bits per heavy atom. The largest absolute Gasteiger partial charge is 0.398 e. The van der Waals surface area contributed by atoms with E-state index in [2.05, 4.69) is 51.9 Å². The summed E-state index contributed by atoms with van der Waals surface area (Å²) in [5, 5.41) is 0. The van der Waals surface area contributed by atoms with Gasteiger partial charge in [0.15, 0.2) is 0 Å². The molecule has 0 aliphatic rings. The Bertz CT molecular complexity index is 539. The summed E-state index contributed by atoms with van der Waals surface area (Å²) in [4.78, 5) is 7.87. The number of nitrogens with zero attached hydrogens (tertiary/aromatic N) is 2. The lowest BCUT2D eigenvalue weighted by Gasteiger charge is -2.16. The first-order valence-electron chi connectivity index (χ1n) is 5.67. The van der Waals surface area contributed by atoms with E-state index in [4.69, 9.17) is 5.73 Å². The van der Waals surface area contributed by atoms with Crippen LogP contribution < -0.4 is 5.73 Å². The van der Waals surface area contributed by atoms with Gasteiger partial charge in [-0.1, -0.05) is 6.07 Å². The van der Waals surface area contributed by atoms with Crippen LogP contribution in [-0.4, -0.2) is 16.9 Å². The van der Waals surface area contributed by atoms with Gasteiger partial charge in [0.2, 0.25) is 0 Å². The predicted molar refractivity (Wildman–Crippen MR) is 80.6 cm³/mol. The standard InChI is InChI=1S/C13H16BrN3S/c1-9-13(18-8-16-9)7-17(2)6-10-3-4-12(15)11(14)5-10/h3-5,8H,6-7,15H2,1-2H3. The third-order valence-electron chi connectivity index (χ3n) is 2.78. The molecule has 0 radical (unpaired) electrons. The molecule has 2 aromatic rings. The first kappa shape index (κ1) is 13.5. The average molecular weight is 326 g/mol. The van der Waals surface area contributed by atoms with Crippen molar-refractivity contribution >= 4 is 33.0 Å². The highest BCUT2D eigenvalue weighted by Gasteiger charge is 2.07. The van der Waals surface area contributed by atoms with Crippen LogP contribution in [0.2, 0.25) is 0 Å². The van der Waals surface area contributed by atoms with Crippen molar-refractivity contribution in [3.8, 4) is 0 Å². The molecule has 0 unspecified atom stereocenters. The minimum Gasteiger partial charge on any atom is -0.398 e. The SMILES string of the molecule is Cc1ncsc1CN(C)Cc1ccc(N)c(Br)c1. The predicted octanol–water partition coefficient (Wildman–Crippen LogP) is 3.43. The maximum absolute atomic E-state index is 5.78. The zero-order valence-electron chi connectivity index (χ0n) is 10.5. The maximum Gasteiger partial charge on any atom is 0.0798 e. The van der Waals surface area contributed by atoms with Crippen LogP contribution in [-0.2, 0) is 13.1 Å². The Hall–Kier alpha value is -0.910. The highest BCUT2D eigenvalue weighted by atomic mass is 79.9. The first-order valence-corrected chi connectivity index (χ1v) is 7.35. The molecule has 5 heteroatoms. The first-order chi connectivity index (χ1) is 8.56. The molecule has 0 aliphatic carbocycles. The molecule has 0 amide bonds. The van der Waals surface area contributed by atoms with Crippen molar-refractivity contribution in [3.05, 3.63) is 44.3 Å². The summed E-state index contributed by atoms with van der Waals surface area (Å²) in [5.41, 5.74) is 10.8. The van der Waals surface area contributed by atoms with Crippen LogP contribution in [0, 0.1) is 6.92 Å². The topological polar surface area (TPSA) is 42.2 Å². The number of halogens is 1. The molecule has 0 fully saturated rings. The number of nitrogens with two attached hydrogens (primary N) is 1. The van der Waals surface area contributed by atoms with Crippen molar-refractivity contribution in [2.75, 3.05) is 12.8 Å². The Morgan fingerprint density at radius 2 is 2.17 bits per heavy atom. The van der Waals surface area contributed by atoms with Crippen LogP contribution in [0.1, 0.15) is 16.1 Å². The third-order valence-corrected chi connectivity index (χ3v) is 4.38. The molecule has 1 aromatic heterocycles. The molecular formula is C13H16BrN3S. The molecule has 0 bridgehead atoms. The van der Waals surface area contributed by atoms with Crippen LogP contribution in [0.5, 0.6) is 0 Å². The second-order valence-corrected chi connectivity index (χ2v) is 6.18. The molecular weight excluding hydrogens is 310 g/mol. The molecule has 96 valence electrons. The number of benzene rings is 1. The van der Waals surface area contributed by atoms with Crippen molar-refractivity contribution < 1.29 is 0 Å². The molecule has 1 aromatic carbocycles. The van der Waals surface area contributed by atoms with Crippen LogP contribution in [0.15, 0.2) is 28.2 Å². The lowest BCUT2D eigenvalue weighted by Crippen LogP contribution is -2.17. The molecule has 0 atom stereocenters. The zero-order chi connectivity index (χ0) is 13.1. The fraction of sp³-hybridized carbons (Fsp3) is 0.308. The second kappa shape index (κ2) is 5.82. The lowest BCUT2D eigenvalue weighted by atomic mass is 10.2. The molecule has 3 nitrogen and oxygen atoms in total. The fourth-order valence-corrected chi connectivity index (χ4v) is 3.04. The monoisotopic (exact) mass is 325 g/mol. The van der Waals surface area contributed by atoms with E-state index in [0.717, 1.165) is 28.9 Å². The van der Waals surface area contributed by atoms with E-state index in [0.29, 0.717) is 0 Å². The number of rotatable bonds is 4. The summed E-state index contributed by atoms with van der Waals surface area (Å²) in [7, 11) is 2.11. The van der Waals surface area contributed by atoms with Crippen molar-refractivity contribution in [2.24, 2.45) is 0 Å². The van der Waals surface area contributed by atoms with E-state index >= 15 is 0 Å². The summed E-state index contributed by atoms with van der Waals surface area (Å²) in [6.07, 6.45) is 0. The number of hydrogen-bond donors (Lipinski definition) is 1. The van der Waals surface area contributed by atoms with Crippen LogP contribution in [0.4, 0.5) is 5.69 Å². The van der Waals surface area contributed by atoms with Crippen molar-refractivity contribution in [1.82, 2.24) is 9.88 Å². The molecule has 0 saturated carbocycles. The molecule has 0 aliphatic heterocycles. The highest BCUT2D eigenvalue weighted by molar-refractivity contribution is 9.10. The van der Waals surface area contributed by atoms with Crippen molar-refractivity contribution in [3.63, 3.8) is 0 Å². The number of thiazole rings is 1. The molecule has 18 heavy (non-hydrogen) atoms. The van der Waals surface area contributed by atoms with Gasteiger partial charge in [0.05, 0.1) is 11.2 Å². The van der Waals surface area contributed by atoms with E-state index in [1.165, 1.54) is 10.4 Å². The van der Waals surface area contributed by atoms with Gasteiger partial charge in [0.25, 0.3) is 0 Å². The van der Waals surface area contributed by atoms with Crippen molar-refractivity contribution in [2.45, 2.75) is 20.0 Å². The highest BCUT2D eigenvalue weighted by Crippen LogP contribution is 2.22. The summed E-state index contributed by atoms with van der Waals surface area (Å²) in [6.45, 7) is 3.88. The summed E-state index contributed by atoms with van der Waals surface area (Å²) >= 11 is 5.17. The zero-order valence-corrected chi connectivity index (χ0v) is 12.9. The molecule has 0 saturated heterocycles. The second-order valence-electron chi connectivity index (χ2n) is 4.39. The van der Waals surface area contributed by atoms with Gasteiger partial charge < -0.3 is 5.73 Å². The number of aryl methyl sites for hydroxylation is 1. The minimum absolute atomic E-state index is 0.778. The van der Waals surface area contributed by atoms with E-state index in [-0.39, 0.29) is 0 Å². The van der Waals surface area contributed by atoms with Crippen LogP contribution >= 0.6 is 27.3 Å². The molecule has 2 N–H and O–H groups in total. The average Bonchev–Trinajstić information content (AvgIpc) is 2.70. The van der Waals surface area contributed by atoms with Gasteiger partial charge in [-0.2, -0.15) is 0 Å². The van der Waals surface area contributed by atoms with Gasteiger partial charge in [-0.3, -0.25) is 4.90 Å². The number of hydrogen-bond acceptors (Lipinski definition) is 4. The summed E-state index contributed by atoms with van der Waals surface area (Å²) in [5.74, 6) is 0. The van der Waals surface area contributed by atoms with E-state index < -0.39 is 0 Å². The Kier molecular flexibility index (Phi) is 4.37. The van der Waals surface area contributed by atoms with Gasteiger partial charge >= 0.3 is 0 Å². The smallest absolute Gasteiger partial charge is 0.0798 e. The quantitative estimate of drug-likeness (QED) is 0.876. The van der Waals surface area contributed by atoms with E-state index in [1.54, 1.807) is 11.3 Å². The Labute approximate surface area is 120 Å². The van der Waals surface area contributed by atoms with Crippen LogP contribution in [0.3, 0.4) is 0 Å². The maximum atomic E-state index is 5.78. The van der Waals surface area contributed by atoms with Gasteiger partial charge in [0, 0.05) is 28.1 Å².